The van der Waals surface area contributed by atoms with E-state index in [1.807, 2.05) is 6.92 Å². The summed E-state index contributed by atoms with van der Waals surface area (Å²) in [6.07, 6.45) is 1.29. The van der Waals surface area contributed by atoms with Gasteiger partial charge in [0.25, 0.3) is 0 Å². The van der Waals surface area contributed by atoms with Gasteiger partial charge in [0, 0.05) is 0 Å². The molecule has 8 heteroatoms. The smallest absolute Gasteiger partial charge is 0.303 e. The number of ether oxygens (including phenoxy) is 1. The molecular formula is C6H12KO6P. The molecule has 0 spiro atoms. The first-order valence-electron chi connectivity index (χ1n) is 3.82. The monoisotopic (exact) mass is 250 g/mol. The van der Waals surface area contributed by atoms with E-state index in [1.165, 1.54) is 6.08 Å². The number of esters is 1. The van der Waals surface area contributed by atoms with Gasteiger partial charge in [-0.3, -0.25) is 0 Å². The topological polar surface area (TPSA) is 104 Å². The second-order valence-corrected chi connectivity index (χ2v) is 4.67. The van der Waals surface area contributed by atoms with E-state index in [0.717, 1.165) is 49.5 Å². The second kappa shape index (κ2) is 9.20. The van der Waals surface area contributed by atoms with Gasteiger partial charge in [0.1, 0.15) is 0 Å². The van der Waals surface area contributed by atoms with E-state index in [9.17, 15) is 4.79 Å². The van der Waals surface area contributed by atoms with Gasteiger partial charge in [-0.2, -0.15) is 0 Å². The van der Waals surface area contributed by atoms with Gasteiger partial charge in [0.15, 0.2) is 0 Å². The fraction of sp³-hybridized carbons (Fsp3) is 0.500. The van der Waals surface area contributed by atoms with Crippen molar-refractivity contribution >= 4 is 62.7 Å². The minimum Gasteiger partial charge on any atom is -0.303 e. The predicted molar refractivity (Wildman–Crippen MR) is 50.6 cm³/mol. The van der Waals surface area contributed by atoms with Gasteiger partial charge in [-0.15, -0.1) is 0 Å². The second-order valence-electron chi connectivity index (χ2n) is 2.37. The predicted octanol–water partition coefficient (Wildman–Crippen LogP) is -0.238. The van der Waals surface area contributed by atoms with Crippen LogP contribution in [-0.4, -0.2) is 75.7 Å². The fourth-order valence-electron chi connectivity index (χ4n) is 0.330. The average molecular weight is 250 g/mol. The number of carbonyl (C=O) groups excluding carboxylic acids is 1. The van der Waals surface area contributed by atoms with E-state index in [-0.39, 0.29) is 12.1 Å². The van der Waals surface area contributed by atoms with Crippen LogP contribution in [0.2, 0.25) is 0.515 Å². The van der Waals surface area contributed by atoms with Gasteiger partial charge in [0.2, 0.25) is 0 Å². The van der Waals surface area contributed by atoms with Crippen LogP contribution in [-0.2, 0) is 14.1 Å². The molecule has 0 heterocycles. The Kier molecular flexibility index (Phi) is 11.4. The maximum atomic E-state index is 10.5. The quantitative estimate of drug-likeness (QED) is 0.276. The van der Waals surface area contributed by atoms with Crippen LogP contribution in [0.3, 0.4) is 0 Å². The summed E-state index contributed by atoms with van der Waals surface area (Å²) in [5.41, 5.74) is 0. The number of hydrogen-bond acceptors (Lipinski definition) is 3. The SMILES string of the molecule is C=CC(=O)OC(C)[CH2][K].O=P(O)(O)O. The van der Waals surface area contributed by atoms with Crippen molar-refractivity contribution in [1.82, 2.24) is 0 Å². The Balaban J connectivity index is 0. The van der Waals surface area contributed by atoms with E-state index in [1.54, 1.807) is 0 Å². The van der Waals surface area contributed by atoms with Crippen LogP contribution in [0.15, 0.2) is 12.7 Å². The number of hydrogen-bond donors (Lipinski definition) is 3. The Morgan fingerprint density at radius 3 is 2.21 bits per heavy atom. The Labute approximate surface area is 116 Å². The summed E-state index contributed by atoms with van der Waals surface area (Å²) >= 11 is 0.758. The third-order valence-corrected chi connectivity index (χ3v) is 2.85. The molecule has 3 N–H and O–H groups in total. The fourth-order valence-corrected chi connectivity index (χ4v) is 0.590. The summed E-state index contributed by atoms with van der Waals surface area (Å²) in [5, 5.41) is 0. The van der Waals surface area contributed by atoms with Crippen molar-refractivity contribution in [3.8, 4) is 0 Å². The Hall–Kier alpha value is 0.956. The van der Waals surface area contributed by atoms with Crippen LogP contribution < -0.4 is 0 Å². The number of carbonyl (C=O) groups is 1. The maximum absolute atomic E-state index is 10.5. The van der Waals surface area contributed by atoms with E-state index in [4.69, 9.17) is 24.0 Å². The summed E-state index contributed by atoms with van der Waals surface area (Å²) in [6, 6.07) is 0. The van der Waals surface area contributed by atoms with Crippen LogP contribution in [0.4, 0.5) is 0 Å². The first-order chi connectivity index (χ1) is 6.20. The first-order valence-corrected chi connectivity index (χ1v) is 7.59. The van der Waals surface area contributed by atoms with Crippen LogP contribution in [0.25, 0.3) is 0 Å². The molecule has 0 aromatic carbocycles. The molecule has 0 aliphatic rings. The standard InChI is InChI=1S/C6H9O2.K.H3O4P/c1-4-6(7)8-5(2)3;;1-5(2,3)4/h4-5H,1-2H2,3H3;;(H3,1,2,3,4). The first kappa shape index (κ1) is 17.4. The molecule has 0 aromatic heterocycles. The van der Waals surface area contributed by atoms with Crippen molar-refractivity contribution in [2.24, 2.45) is 0 Å². The molecule has 0 aliphatic heterocycles. The van der Waals surface area contributed by atoms with Crippen molar-refractivity contribution in [3.63, 3.8) is 0 Å². The van der Waals surface area contributed by atoms with E-state index in [0.29, 0.717) is 0 Å². The van der Waals surface area contributed by atoms with Gasteiger partial charge >= 0.3 is 98.5 Å². The van der Waals surface area contributed by atoms with Crippen LogP contribution in [0.5, 0.6) is 0 Å². The average Bonchev–Trinajstić information content (AvgIpc) is 2.01. The van der Waals surface area contributed by atoms with Crippen molar-refractivity contribution in [2.45, 2.75) is 13.5 Å². The molecule has 0 fully saturated rings. The normalized spacial score (nSPS) is 12.1. The largest absolute Gasteiger partial charge is 0.466 e. The van der Waals surface area contributed by atoms with E-state index in [2.05, 4.69) is 6.58 Å². The van der Waals surface area contributed by atoms with Gasteiger partial charge in [-0.25, -0.2) is 4.57 Å². The molecule has 0 radical (unpaired) electrons. The molecule has 0 bridgehead atoms. The Morgan fingerprint density at radius 2 is 2.00 bits per heavy atom. The molecule has 0 rings (SSSR count). The molecule has 1 atom stereocenters. The third kappa shape index (κ3) is 23.1. The van der Waals surface area contributed by atoms with Gasteiger partial charge in [0.05, 0.1) is 0 Å². The number of phosphoric acid groups is 1. The zero-order chi connectivity index (χ0) is 11.8. The molecule has 14 heavy (non-hydrogen) atoms. The van der Waals surface area contributed by atoms with Gasteiger partial charge in [-0.05, 0) is 0 Å². The zero-order valence-electron chi connectivity index (χ0n) is 8.08. The zero-order valence-corrected chi connectivity index (χ0v) is 12.1. The summed E-state index contributed by atoms with van der Waals surface area (Å²) < 4.78 is 14.8. The van der Waals surface area contributed by atoms with Crippen LogP contribution >= 0.6 is 7.82 Å². The molecule has 1 unspecified atom stereocenters. The molecule has 0 saturated carbocycles. The van der Waals surface area contributed by atoms with Gasteiger partial charge in [-0.1, -0.05) is 0 Å². The molecule has 0 saturated heterocycles. The summed E-state index contributed by atoms with van der Waals surface area (Å²) in [7, 11) is -4.64. The molecule has 6 nitrogen and oxygen atoms in total. The van der Waals surface area contributed by atoms with Crippen LogP contribution in [0, 0.1) is 0 Å². The van der Waals surface area contributed by atoms with Gasteiger partial charge < -0.3 is 14.7 Å². The third-order valence-electron chi connectivity index (χ3n) is 1.06. The van der Waals surface area contributed by atoms with Crippen molar-refractivity contribution in [1.29, 1.82) is 0 Å². The van der Waals surface area contributed by atoms with E-state index < -0.39 is 7.82 Å². The Morgan fingerprint density at radius 1 is 1.64 bits per heavy atom. The summed E-state index contributed by atoms with van der Waals surface area (Å²) in [6.45, 7) is 5.18. The Bertz CT molecular complexity index is 216. The summed E-state index contributed by atoms with van der Waals surface area (Å²) in [5.74, 6) is -0.313. The minimum absolute atomic E-state index is 0.0931. The van der Waals surface area contributed by atoms with Crippen LogP contribution in [0.1, 0.15) is 6.92 Å². The summed E-state index contributed by atoms with van der Waals surface area (Å²) in [4.78, 5) is 32.0. The van der Waals surface area contributed by atoms with Crippen molar-refractivity contribution in [3.05, 3.63) is 12.7 Å². The molecule has 78 valence electrons. The molecular weight excluding hydrogens is 238 g/mol. The van der Waals surface area contributed by atoms with Crippen molar-refractivity contribution in [2.75, 3.05) is 0 Å². The van der Waals surface area contributed by atoms with E-state index >= 15 is 0 Å². The maximum Gasteiger partial charge on any atom is 0.466 e. The molecule has 0 aromatic rings. The molecule has 0 aliphatic carbocycles. The molecule has 0 amide bonds. The number of rotatable bonds is 3. The minimum atomic E-state index is -4.64. The van der Waals surface area contributed by atoms with Crippen molar-refractivity contribution < 1.29 is 28.8 Å².